The summed E-state index contributed by atoms with van der Waals surface area (Å²) in [4.78, 5) is 34.2. The van der Waals surface area contributed by atoms with Crippen molar-refractivity contribution in [2.75, 3.05) is 6.61 Å². The average Bonchev–Trinajstić information content (AvgIpc) is 2.86. The summed E-state index contributed by atoms with van der Waals surface area (Å²) in [6.07, 6.45) is 0.694. The van der Waals surface area contributed by atoms with E-state index in [1.165, 1.54) is 18.5 Å². The van der Waals surface area contributed by atoms with Crippen molar-refractivity contribution in [3.63, 3.8) is 0 Å². The maximum absolute atomic E-state index is 11.9. The number of hydrogen-bond donors (Lipinski definition) is 0. The maximum atomic E-state index is 11.9. The Kier molecular flexibility index (Phi) is 5.99. The molecule has 0 bridgehead atoms. The smallest absolute Gasteiger partial charge is 0.327 e. The molecule has 0 aliphatic carbocycles. The van der Waals surface area contributed by atoms with Gasteiger partial charge in [0.25, 0.3) is 0 Å². The highest BCUT2D eigenvalue weighted by Gasteiger charge is 2.23. The predicted molar refractivity (Wildman–Crippen MR) is 89.3 cm³/mol. The van der Waals surface area contributed by atoms with E-state index in [9.17, 15) is 19.7 Å². The normalized spacial score (nSPS) is 10.5. The van der Waals surface area contributed by atoms with Crippen molar-refractivity contribution < 1.29 is 19.2 Å². The summed E-state index contributed by atoms with van der Waals surface area (Å²) in [6, 6.07) is 8.90. The lowest BCUT2D eigenvalue weighted by Crippen LogP contribution is -2.16. The van der Waals surface area contributed by atoms with E-state index in [1.54, 1.807) is 24.3 Å². The lowest BCUT2D eigenvalue weighted by Gasteiger charge is -2.06. The summed E-state index contributed by atoms with van der Waals surface area (Å²) in [6.45, 7) is 2.96. The van der Waals surface area contributed by atoms with E-state index in [2.05, 4.69) is 5.10 Å². The molecule has 0 radical (unpaired) electrons. The van der Waals surface area contributed by atoms with E-state index < -0.39 is 10.9 Å². The Morgan fingerprint density at radius 1 is 1.24 bits per heavy atom. The molecule has 2 rings (SSSR count). The van der Waals surface area contributed by atoms with Crippen LogP contribution in [0.4, 0.5) is 5.69 Å². The van der Waals surface area contributed by atoms with Crippen molar-refractivity contribution in [2.24, 2.45) is 0 Å². The zero-order chi connectivity index (χ0) is 18.4. The zero-order valence-corrected chi connectivity index (χ0v) is 14.1. The van der Waals surface area contributed by atoms with Crippen molar-refractivity contribution in [3.05, 3.63) is 57.4 Å². The number of ketones is 1. The van der Waals surface area contributed by atoms with Crippen LogP contribution in [-0.4, -0.2) is 33.1 Å². The third-order valence-corrected chi connectivity index (χ3v) is 3.71. The number of nitro groups is 1. The lowest BCUT2D eigenvalue weighted by atomic mass is 10.1. The maximum Gasteiger partial charge on any atom is 0.327 e. The Labute approximate surface area is 144 Å². The topological polar surface area (TPSA) is 104 Å². The molecular weight excluding hydrogens is 326 g/mol. The fourth-order valence-electron chi connectivity index (χ4n) is 2.46. The number of carbonyl (C=O) groups excluding carboxylic acids is 2. The molecule has 0 saturated carbocycles. The number of aromatic nitrogens is 2. The molecule has 1 aromatic heterocycles. The van der Waals surface area contributed by atoms with Gasteiger partial charge >= 0.3 is 11.7 Å². The van der Waals surface area contributed by atoms with Crippen molar-refractivity contribution >= 4 is 17.4 Å². The van der Waals surface area contributed by atoms with Crippen molar-refractivity contribution in [1.82, 2.24) is 9.78 Å². The lowest BCUT2D eigenvalue weighted by molar-refractivity contribution is -0.386. The monoisotopic (exact) mass is 345 g/mol. The van der Waals surface area contributed by atoms with E-state index in [0.29, 0.717) is 17.7 Å². The molecule has 0 spiro atoms. The van der Waals surface area contributed by atoms with Crippen molar-refractivity contribution in [1.29, 1.82) is 0 Å². The van der Waals surface area contributed by atoms with Gasteiger partial charge in [-0.2, -0.15) is 5.10 Å². The molecule has 2 aromatic rings. The average molecular weight is 345 g/mol. The van der Waals surface area contributed by atoms with Gasteiger partial charge in [-0.3, -0.25) is 24.4 Å². The summed E-state index contributed by atoms with van der Waals surface area (Å²) in [5.74, 6) is -0.557. The number of carbonyl (C=O) groups is 2. The first kappa shape index (κ1) is 18.3. The molecule has 0 unspecified atom stereocenters. The molecule has 0 amide bonds. The van der Waals surface area contributed by atoms with Gasteiger partial charge in [0.05, 0.1) is 11.5 Å². The van der Waals surface area contributed by atoms with Gasteiger partial charge in [0.2, 0.25) is 0 Å². The van der Waals surface area contributed by atoms with Crippen molar-refractivity contribution in [2.45, 2.75) is 33.2 Å². The van der Waals surface area contributed by atoms with Crippen LogP contribution in [0.3, 0.4) is 0 Å². The molecule has 1 heterocycles. The molecule has 132 valence electrons. The number of Topliss-reactive ketones (excluding diaryl/α,β-unsaturated/α-hetero) is 1. The van der Waals surface area contributed by atoms with E-state index in [1.807, 2.05) is 6.07 Å². The van der Waals surface area contributed by atoms with Gasteiger partial charge in [-0.1, -0.05) is 30.3 Å². The van der Waals surface area contributed by atoms with Crippen LogP contribution in [-0.2, 0) is 16.1 Å². The Bertz CT molecular complexity index is 783. The molecule has 8 nitrogen and oxygen atoms in total. The molecule has 0 N–H and O–H groups in total. The highest BCUT2D eigenvalue weighted by molar-refractivity contribution is 5.95. The molecule has 0 saturated heterocycles. The number of rotatable bonds is 8. The third kappa shape index (κ3) is 4.72. The van der Waals surface area contributed by atoms with Crippen LogP contribution >= 0.6 is 0 Å². The van der Waals surface area contributed by atoms with Crippen LogP contribution < -0.4 is 0 Å². The molecule has 1 aromatic carbocycles. The number of esters is 1. The van der Waals surface area contributed by atoms with Gasteiger partial charge < -0.3 is 4.74 Å². The van der Waals surface area contributed by atoms with Crippen molar-refractivity contribution in [3.8, 4) is 0 Å². The van der Waals surface area contributed by atoms with E-state index in [0.717, 1.165) is 0 Å². The minimum Gasteiger partial charge on any atom is -0.464 e. The molecule has 0 aliphatic rings. The Morgan fingerprint density at radius 2 is 1.92 bits per heavy atom. The third-order valence-electron chi connectivity index (χ3n) is 3.71. The van der Waals surface area contributed by atoms with Gasteiger partial charge in [-0.05, 0) is 20.3 Å². The summed E-state index contributed by atoms with van der Waals surface area (Å²) >= 11 is 0. The van der Waals surface area contributed by atoms with Crippen LogP contribution in [0.15, 0.2) is 30.3 Å². The molecule has 0 fully saturated rings. The fraction of sp³-hybridized carbons (Fsp3) is 0.353. The number of hydrogen-bond acceptors (Lipinski definition) is 6. The second-order valence-electron chi connectivity index (χ2n) is 5.55. The molecule has 0 atom stereocenters. The summed E-state index contributed by atoms with van der Waals surface area (Å²) < 4.78 is 6.33. The van der Waals surface area contributed by atoms with E-state index >= 15 is 0 Å². The summed E-state index contributed by atoms with van der Waals surface area (Å²) in [7, 11) is 0. The highest BCUT2D eigenvalue weighted by Crippen LogP contribution is 2.21. The zero-order valence-electron chi connectivity index (χ0n) is 14.1. The molecule has 8 heteroatoms. The number of ether oxygens (including phenoxy) is 1. The van der Waals surface area contributed by atoms with Crippen LogP contribution in [0.2, 0.25) is 0 Å². The summed E-state index contributed by atoms with van der Waals surface area (Å²) in [5, 5.41) is 14.9. The first-order valence-electron chi connectivity index (χ1n) is 7.82. The van der Waals surface area contributed by atoms with E-state index in [4.69, 9.17) is 4.74 Å². The van der Waals surface area contributed by atoms with Gasteiger partial charge in [0.15, 0.2) is 5.78 Å². The highest BCUT2D eigenvalue weighted by atomic mass is 16.6. The van der Waals surface area contributed by atoms with Gasteiger partial charge in [0, 0.05) is 12.0 Å². The van der Waals surface area contributed by atoms with E-state index in [-0.39, 0.29) is 36.7 Å². The largest absolute Gasteiger partial charge is 0.464 e. The molecule has 0 aliphatic heterocycles. The number of benzene rings is 1. The Hall–Kier alpha value is -3.03. The second kappa shape index (κ2) is 8.18. The summed E-state index contributed by atoms with van der Waals surface area (Å²) in [5.41, 5.74) is 1.09. The first-order valence-corrected chi connectivity index (χ1v) is 7.82. The van der Waals surface area contributed by atoms with Gasteiger partial charge in [-0.25, -0.2) is 0 Å². The standard InChI is InChI=1S/C17H19N3O5/c1-12-17(20(23)24)13(2)19(18-12)11-16(22)25-10-6-9-15(21)14-7-4-3-5-8-14/h3-5,7-8H,6,9-11H2,1-2H3. The Morgan fingerprint density at radius 3 is 2.52 bits per heavy atom. The van der Waals surface area contributed by atoms with Crippen LogP contribution in [0.5, 0.6) is 0 Å². The first-order chi connectivity index (χ1) is 11.9. The number of nitrogens with zero attached hydrogens (tertiary/aromatic N) is 3. The van der Waals surface area contributed by atoms with Gasteiger partial charge in [0.1, 0.15) is 17.9 Å². The number of aryl methyl sites for hydroxylation is 1. The quantitative estimate of drug-likeness (QED) is 0.239. The fourth-order valence-corrected chi connectivity index (χ4v) is 2.46. The molecule has 25 heavy (non-hydrogen) atoms. The van der Waals surface area contributed by atoms with Gasteiger partial charge in [-0.15, -0.1) is 0 Å². The SMILES string of the molecule is Cc1nn(CC(=O)OCCCC(=O)c2ccccc2)c(C)c1[N+](=O)[O-]. The predicted octanol–water partition coefficient (Wildman–Crippen LogP) is 2.61. The van der Waals surface area contributed by atoms with Crippen LogP contribution in [0, 0.1) is 24.0 Å². The Balaban J connectivity index is 1.79. The minimum atomic E-state index is -0.548. The minimum absolute atomic E-state index is 0.00850. The van der Waals surface area contributed by atoms with Crippen LogP contribution in [0.25, 0.3) is 0 Å². The second-order valence-corrected chi connectivity index (χ2v) is 5.55. The molecular formula is C17H19N3O5. The van der Waals surface area contributed by atoms with Crippen LogP contribution in [0.1, 0.15) is 34.6 Å².